The summed E-state index contributed by atoms with van der Waals surface area (Å²) in [5, 5.41) is 4.23. The highest BCUT2D eigenvalue weighted by atomic mass is 16.5. The van der Waals surface area contributed by atoms with Gasteiger partial charge in [-0.25, -0.2) is 0 Å². The van der Waals surface area contributed by atoms with Crippen LogP contribution in [0.1, 0.15) is 77.9 Å². The number of hydrogen-bond acceptors (Lipinski definition) is 4. The van der Waals surface area contributed by atoms with Gasteiger partial charge in [0.1, 0.15) is 0 Å². The topological polar surface area (TPSA) is 64.9 Å². The molecule has 1 aromatic heterocycles. The van der Waals surface area contributed by atoms with Gasteiger partial charge in [0.15, 0.2) is 5.82 Å². The minimum Gasteiger partial charge on any atom is -0.339 e. The molecule has 0 bridgehead atoms. The van der Waals surface area contributed by atoms with Crippen molar-refractivity contribution in [1.29, 1.82) is 0 Å². The zero-order valence-electron chi connectivity index (χ0n) is 13.4. The van der Waals surface area contributed by atoms with Gasteiger partial charge in [0, 0.05) is 5.92 Å². The first-order valence-electron chi connectivity index (χ1n) is 7.81. The normalized spacial score (nSPS) is 36.0. The standard InChI is InChI=1S/C16H27N3O/c1-10-7-6-8-16(17,9-10)13-18-12(20-19-13)11-14(2,3)15(11,4)5/h10-11H,6-9,17H2,1-5H3. The number of rotatable bonds is 2. The molecule has 2 unspecified atom stereocenters. The van der Waals surface area contributed by atoms with Gasteiger partial charge in [0.25, 0.3) is 0 Å². The van der Waals surface area contributed by atoms with Gasteiger partial charge in [-0.05, 0) is 29.6 Å². The molecule has 0 aromatic carbocycles. The zero-order valence-corrected chi connectivity index (χ0v) is 13.4. The van der Waals surface area contributed by atoms with Crippen LogP contribution in [0.25, 0.3) is 0 Å². The minimum atomic E-state index is -0.386. The molecule has 4 nitrogen and oxygen atoms in total. The Labute approximate surface area is 121 Å². The van der Waals surface area contributed by atoms with Crippen LogP contribution in [0.4, 0.5) is 0 Å². The van der Waals surface area contributed by atoms with Crippen LogP contribution in [-0.4, -0.2) is 10.1 Å². The average molecular weight is 277 g/mol. The van der Waals surface area contributed by atoms with Gasteiger partial charge in [0.05, 0.1) is 5.54 Å². The van der Waals surface area contributed by atoms with Crippen molar-refractivity contribution in [2.45, 2.75) is 71.8 Å². The van der Waals surface area contributed by atoms with E-state index in [1.54, 1.807) is 0 Å². The smallest absolute Gasteiger partial charge is 0.230 e. The zero-order chi connectivity index (χ0) is 14.8. The Morgan fingerprint density at radius 2 is 1.85 bits per heavy atom. The van der Waals surface area contributed by atoms with E-state index in [0.717, 1.165) is 31.0 Å². The van der Waals surface area contributed by atoms with Crippen molar-refractivity contribution < 1.29 is 4.52 Å². The Morgan fingerprint density at radius 1 is 1.20 bits per heavy atom. The third kappa shape index (κ3) is 1.84. The SMILES string of the molecule is CC1CCCC(N)(c2noc(C3C(C)(C)C3(C)C)n2)C1. The molecule has 3 rings (SSSR count). The molecule has 0 saturated heterocycles. The molecule has 2 aliphatic rings. The molecule has 0 radical (unpaired) electrons. The third-order valence-electron chi connectivity index (χ3n) is 6.19. The fourth-order valence-corrected chi connectivity index (χ4v) is 4.16. The maximum absolute atomic E-state index is 6.55. The Bertz CT molecular complexity index is 506. The van der Waals surface area contributed by atoms with E-state index >= 15 is 0 Å². The first-order valence-corrected chi connectivity index (χ1v) is 7.81. The summed E-state index contributed by atoms with van der Waals surface area (Å²) in [6.45, 7) is 11.3. The van der Waals surface area contributed by atoms with Gasteiger partial charge in [-0.2, -0.15) is 4.98 Å². The fourth-order valence-electron chi connectivity index (χ4n) is 4.16. The highest BCUT2D eigenvalue weighted by molar-refractivity contribution is 5.25. The molecule has 2 fully saturated rings. The van der Waals surface area contributed by atoms with Crippen LogP contribution in [-0.2, 0) is 5.54 Å². The molecular formula is C16H27N3O. The molecule has 0 aliphatic heterocycles. The van der Waals surface area contributed by atoms with Gasteiger partial charge < -0.3 is 10.3 Å². The van der Waals surface area contributed by atoms with Crippen LogP contribution >= 0.6 is 0 Å². The molecular weight excluding hydrogens is 250 g/mol. The van der Waals surface area contributed by atoms with Gasteiger partial charge in [0.2, 0.25) is 5.89 Å². The second-order valence-corrected chi connectivity index (χ2v) is 8.19. The summed E-state index contributed by atoms with van der Waals surface area (Å²) in [4.78, 5) is 4.69. The van der Waals surface area contributed by atoms with Crippen molar-refractivity contribution in [1.82, 2.24) is 10.1 Å². The van der Waals surface area contributed by atoms with Crippen molar-refractivity contribution in [3.05, 3.63) is 11.7 Å². The molecule has 0 spiro atoms. The molecule has 1 aromatic rings. The summed E-state index contributed by atoms with van der Waals surface area (Å²) >= 11 is 0. The first-order chi connectivity index (χ1) is 9.18. The highest BCUT2D eigenvalue weighted by Crippen LogP contribution is 2.73. The van der Waals surface area contributed by atoms with Crippen LogP contribution in [0.15, 0.2) is 4.52 Å². The Hall–Kier alpha value is -0.900. The summed E-state index contributed by atoms with van der Waals surface area (Å²) in [5.41, 5.74) is 6.61. The van der Waals surface area contributed by atoms with Gasteiger partial charge >= 0.3 is 0 Å². The average Bonchev–Trinajstić information content (AvgIpc) is 2.69. The quantitative estimate of drug-likeness (QED) is 0.897. The van der Waals surface area contributed by atoms with E-state index in [-0.39, 0.29) is 16.4 Å². The molecule has 112 valence electrons. The van der Waals surface area contributed by atoms with Crippen molar-refractivity contribution in [2.24, 2.45) is 22.5 Å². The van der Waals surface area contributed by atoms with Gasteiger partial charge in [-0.15, -0.1) is 0 Å². The maximum Gasteiger partial charge on any atom is 0.230 e. The number of aromatic nitrogens is 2. The van der Waals surface area contributed by atoms with Crippen molar-refractivity contribution in [2.75, 3.05) is 0 Å². The van der Waals surface area contributed by atoms with E-state index in [9.17, 15) is 0 Å². The van der Waals surface area contributed by atoms with E-state index in [2.05, 4.69) is 39.8 Å². The van der Waals surface area contributed by atoms with E-state index in [1.807, 2.05) is 0 Å². The lowest BCUT2D eigenvalue weighted by Gasteiger charge is -2.33. The Kier molecular flexibility index (Phi) is 2.85. The number of hydrogen-bond donors (Lipinski definition) is 1. The van der Waals surface area contributed by atoms with Gasteiger partial charge in [-0.1, -0.05) is 52.6 Å². The highest BCUT2D eigenvalue weighted by Gasteiger charge is 2.68. The van der Waals surface area contributed by atoms with Gasteiger partial charge in [-0.3, -0.25) is 0 Å². The van der Waals surface area contributed by atoms with Crippen LogP contribution in [0.5, 0.6) is 0 Å². The molecule has 20 heavy (non-hydrogen) atoms. The fraction of sp³-hybridized carbons (Fsp3) is 0.875. The van der Waals surface area contributed by atoms with Crippen molar-refractivity contribution in [3.8, 4) is 0 Å². The molecule has 4 heteroatoms. The van der Waals surface area contributed by atoms with Crippen LogP contribution in [0.2, 0.25) is 0 Å². The van der Waals surface area contributed by atoms with Crippen LogP contribution in [0.3, 0.4) is 0 Å². The largest absolute Gasteiger partial charge is 0.339 e. The molecule has 0 amide bonds. The summed E-state index contributed by atoms with van der Waals surface area (Å²) in [6.07, 6.45) is 4.34. The molecule has 2 aliphatic carbocycles. The third-order valence-corrected chi connectivity index (χ3v) is 6.19. The summed E-state index contributed by atoms with van der Waals surface area (Å²) in [5.74, 6) is 2.49. The maximum atomic E-state index is 6.55. The first kappa shape index (κ1) is 14.1. The lowest BCUT2D eigenvalue weighted by molar-refractivity contribution is 0.221. The predicted molar refractivity (Wildman–Crippen MR) is 78.1 cm³/mol. The van der Waals surface area contributed by atoms with E-state index < -0.39 is 0 Å². The molecule has 2 saturated carbocycles. The summed E-state index contributed by atoms with van der Waals surface area (Å²) in [6, 6.07) is 0. The lowest BCUT2D eigenvalue weighted by atomic mass is 9.76. The minimum absolute atomic E-state index is 0.221. The molecule has 2 atom stereocenters. The number of nitrogens with two attached hydrogens (primary N) is 1. The monoisotopic (exact) mass is 277 g/mol. The van der Waals surface area contributed by atoms with E-state index in [4.69, 9.17) is 15.2 Å². The van der Waals surface area contributed by atoms with Crippen molar-refractivity contribution >= 4 is 0 Å². The number of nitrogens with zero attached hydrogens (tertiary/aromatic N) is 2. The summed E-state index contributed by atoms with van der Waals surface area (Å²) < 4.78 is 5.57. The van der Waals surface area contributed by atoms with Crippen molar-refractivity contribution in [3.63, 3.8) is 0 Å². The lowest BCUT2D eigenvalue weighted by Crippen LogP contribution is -2.42. The van der Waals surface area contributed by atoms with E-state index in [0.29, 0.717) is 11.8 Å². The molecule has 2 N–H and O–H groups in total. The van der Waals surface area contributed by atoms with Crippen LogP contribution < -0.4 is 5.73 Å². The predicted octanol–water partition coefficient (Wildman–Crippen LogP) is 3.58. The Balaban J connectivity index is 1.85. The van der Waals surface area contributed by atoms with E-state index in [1.165, 1.54) is 6.42 Å². The Morgan fingerprint density at radius 3 is 2.40 bits per heavy atom. The second-order valence-electron chi connectivity index (χ2n) is 8.19. The summed E-state index contributed by atoms with van der Waals surface area (Å²) in [7, 11) is 0. The van der Waals surface area contributed by atoms with Crippen LogP contribution in [0, 0.1) is 16.7 Å². The molecule has 1 heterocycles. The second kappa shape index (κ2) is 4.06.